The molecule has 2 nitrogen and oxygen atoms in total. The molecule has 0 unspecified atom stereocenters. The molecule has 1 aromatic rings. The second-order valence-corrected chi connectivity index (χ2v) is 3.90. The summed E-state index contributed by atoms with van der Waals surface area (Å²) in [6.45, 7) is 8.79. The zero-order chi connectivity index (χ0) is 11.3. The molecule has 0 N–H and O–H groups in total. The van der Waals surface area contributed by atoms with Crippen LogP contribution < -0.4 is 0 Å². The molecule has 15 heavy (non-hydrogen) atoms. The molecule has 2 heteroatoms. The first kappa shape index (κ1) is 11.8. The van der Waals surface area contributed by atoms with Crippen LogP contribution in [0.25, 0.3) is 0 Å². The van der Waals surface area contributed by atoms with Crippen LogP contribution in [0.4, 0.5) is 0 Å². The van der Waals surface area contributed by atoms with E-state index < -0.39 is 0 Å². The number of benzene rings is 1. The van der Waals surface area contributed by atoms with Crippen molar-refractivity contribution in [3.05, 3.63) is 42.8 Å². The first-order valence-electron chi connectivity index (χ1n) is 5.27. The molecular formula is C13H18NO. The Hall–Kier alpha value is -1.31. The van der Waals surface area contributed by atoms with E-state index in [1.165, 1.54) is 0 Å². The third kappa shape index (κ3) is 3.39. The van der Waals surface area contributed by atoms with Crippen molar-refractivity contribution in [3.63, 3.8) is 0 Å². The number of hydrogen-bond acceptors (Lipinski definition) is 1. The van der Waals surface area contributed by atoms with Gasteiger partial charge in [0.1, 0.15) is 0 Å². The van der Waals surface area contributed by atoms with Gasteiger partial charge in [-0.15, -0.1) is 0 Å². The molecule has 0 aliphatic carbocycles. The number of carbonyl (C=O) groups is 1. The summed E-state index contributed by atoms with van der Waals surface area (Å²) < 4.78 is 0. The number of nitrogens with zero attached hydrogens (tertiary/aromatic N) is 1. The van der Waals surface area contributed by atoms with E-state index in [0.717, 1.165) is 5.56 Å². The Morgan fingerprint density at radius 3 is 2.40 bits per heavy atom. The van der Waals surface area contributed by atoms with Crippen molar-refractivity contribution < 1.29 is 4.79 Å². The highest BCUT2D eigenvalue weighted by molar-refractivity contribution is 5.78. The third-order valence-corrected chi connectivity index (χ3v) is 2.29. The second-order valence-electron chi connectivity index (χ2n) is 3.90. The summed E-state index contributed by atoms with van der Waals surface area (Å²) in [5.74, 6) is 0.198. The van der Waals surface area contributed by atoms with Crippen molar-refractivity contribution >= 4 is 5.91 Å². The summed E-state index contributed by atoms with van der Waals surface area (Å²) in [6.07, 6.45) is 0. The minimum absolute atomic E-state index is 0.0375. The summed E-state index contributed by atoms with van der Waals surface area (Å²) >= 11 is 0. The topological polar surface area (TPSA) is 20.3 Å². The molecule has 0 spiro atoms. The van der Waals surface area contributed by atoms with Crippen molar-refractivity contribution in [2.45, 2.75) is 20.4 Å². The van der Waals surface area contributed by atoms with Gasteiger partial charge in [0, 0.05) is 19.0 Å². The van der Waals surface area contributed by atoms with Gasteiger partial charge in [-0.1, -0.05) is 44.2 Å². The fourth-order valence-electron chi connectivity index (χ4n) is 1.44. The van der Waals surface area contributed by atoms with E-state index in [1.807, 2.05) is 44.2 Å². The van der Waals surface area contributed by atoms with Crippen LogP contribution in [0.5, 0.6) is 0 Å². The summed E-state index contributed by atoms with van der Waals surface area (Å²) in [6, 6.07) is 9.99. The fraction of sp³-hybridized carbons (Fsp3) is 0.385. The normalized spacial score (nSPS) is 10.4. The van der Waals surface area contributed by atoms with Gasteiger partial charge in [-0.3, -0.25) is 4.79 Å². The summed E-state index contributed by atoms with van der Waals surface area (Å²) in [7, 11) is 0. The number of carbonyl (C=O) groups excluding carboxylic acids is 1. The van der Waals surface area contributed by atoms with Crippen LogP contribution in [0.3, 0.4) is 0 Å². The van der Waals surface area contributed by atoms with Gasteiger partial charge in [0.05, 0.1) is 0 Å². The first-order chi connectivity index (χ1) is 7.15. The quantitative estimate of drug-likeness (QED) is 0.738. The molecule has 0 aromatic heterocycles. The van der Waals surface area contributed by atoms with Crippen LogP contribution in [0, 0.1) is 12.8 Å². The van der Waals surface area contributed by atoms with E-state index in [-0.39, 0.29) is 11.8 Å². The molecule has 0 fully saturated rings. The van der Waals surface area contributed by atoms with E-state index >= 15 is 0 Å². The maximum absolute atomic E-state index is 11.8. The van der Waals surface area contributed by atoms with Crippen LogP contribution in [0.15, 0.2) is 30.3 Å². The molecule has 0 aliphatic rings. The summed E-state index contributed by atoms with van der Waals surface area (Å²) in [5.41, 5.74) is 1.15. The number of rotatable bonds is 4. The highest BCUT2D eigenvalue weighted by Crippen LogP contribution is 2.08. The molecule has 0 heterocycles. The van der Waals surface area contributed by atoms with Crippen LogP contribution >= 0.6 is 0 Å². The molecule has 81 valence electrons. The van der Waals surface area contributed by atoms with Gasteiger partial charge in [0.2, 0.25) is 5.91 Å². The van der Waals surface area contributed by atoms with Gasteiger partial charge in [0.25, 0.3) is 0 Å². The number of amides is 1. The van der Waals surface area contributed by atoms with Crippen molar-refractivity contribution in [2.24, 2.45) is 5.92 Å². The van der Waals surface area contributed by atoms with Gasteiger partial charge in [-0.2, -0.15) is 0 Å². The van der Waals surface area contributed by atoms with E-state index in [4.69, 9.17) is 0 Å². The molecular weight excluding hydrogens is 186 g/mol. The van der Waals surface area contributed by atoms with Gasteiger partial charge in [-0.25, -0.2) is 0 Å². The molecule has 1 radical (unpaired) electrons. The lowest BCUT2D eigenvalue weighted by Crippen LogP contribution is -2.33. The molecule has 1 amide bonds. The van der Waals surface area contributed by atoms with Crippen molar-refractivity contribution in [1.82, 2.24) is 4.90 Å². The zero-order valence-electron chi connectivity index (χ0n) is 9.44. The highest BCUT2D eigenvalue weighted by atomic mass is 16.2. The van der Waals surface area contributed by atoms with Crippen LogP contribution in [0.2, 0.25) is 0 Å². The SMILES string of the molecule is [CH2]CN(Cc1ccccc1)C(=O)C(C)C. The lowest BCUT2D eigenvalue weighted by Gasteiger charge is -2.22. The number of hydrogen-bond donors (Lipinski definition) is 0. The predicted molar refractivity (Wildman–Crippen MR) is 62.1 cm³/mol. The van der Waals surface area contributed by atoms with Crippen molar-refractivity contribution in [2.75, 3.05) is 6.54 Å². The van der Waals surface area contributed by atoms with Crippen molar-refractivity contribution in [1.29, 1.82) is 0 Å². The van der Waals surface area contributed by atoms with E-state index in [1.54, 1.807) is 4.90 Å². The molecule has 0 saturated carbocycles. The molecule has 0 aliphatic heterocycles. The summed E-state index contributed by atoms with van der Waals surface area (Å²) in [4.78, 5) is 13.5. The van der Waals surface area contributed by atoms with Crippen LogP contribution in [-0.4, -0.2) is 17.4 Å². The maximum atomic E-state index is 11.8. The second kappa shape index (κ2) is 5.54. The Bertz CT molecular complexity index is 306. The lowest BCUT2D eigenvalue weighted by atomic mass is 10.1. The Balaban J connectivity index is 2.66. The Labute approximate surface area is 91.9 Å². The van der Waals surface area contributed by atoms with E-state index in [9.17, 15) is 4.79 Å². The predicted octanol–water partition coefficient (Wildman–Crippen LogP) is 2.51. The molecule has 1 rings (SSSR count). The zero-order valence-corrected chi connectivity index (χ0v) is 9.44. The highest BCUT2D eigenvalue weighted by Gasteiger charge is 2.15. The third-order valence-electron chi connectivity index (χ3n) is 2.29. The molecule has 0 saturated heterocycles. The van der Waals surface area contributed by atoms with Gasteiger partial charge < -0.3 is 4.90 Å². The lowest BCUT2D eigenvalue weighted by molar-refractivity contribution is -0.134. The van der Waals surface area contributed by atoms with Crippen LogP contribution in [0.1, 0.15) is 19.4 Å². The average molecular weight is 204 g/mol. The molecule has 1 aromatic carbocycles. The van der Waals surface area contributed by atoms with E-state index in [0.29, 0.717) is 13.1 Å². The minimum Gasteiger partial charge on any atom is -0.338 e. The molecule has 0 atom stereocenters. The van der Waals surface area contributed by atoms with Crippen LogP contribution in [-0.2, 0) is 11.3 Å². The smallest absolute Gasteiger partial charge is 0.225 e. The Kier molecular flexibility index (Phi) is 4.35. The van der Waals surface area contributed by atoms with Gasteiger partial charge >= 0.3 is 0 Å². The van der Waals surface area contributed by atoms with Gasteiger partial charge in [-0.05, 0) is 12.5 Å². The van der Waals surface area contributed by atoms with E-state index in [2.05, 4.69) is 6.92 Å². The minimum atomic E-state index is 0.0375. The largest absolute Gasteiger partial charge is 0.338 e. The standard InChI is InChI=1S/C13H18NO/c1-4-14(13(15)11(2)3)10-12-8-6-5-7-9-12/h5-9,11H,1,4,10H2,2-3H3. The fourth-order valence-corrected chi connectivity index (χ4v) is 1.44. The Morgan fingerprint density at radius 1 is 1.33 bits per heavy atom. The Morgan fingerprint density at radius 2 is 1.93 bits per heavy atom. The van der Waals surface area contributed by atoms with Crippen molar-refractivity contribution in [3.8, 4) is 0 Å². The molecule has 0 bridgehead atoms. The monoisotopic (exact) mass is 204 g/mol. The maximum Gasteiger partial charge on any atom is 0.225 e. The first-order valence-corrected chi connectivity index (χ1v) is 5.27. The average Bonchev–Trinajstić information content (AvgIpc) is 2.26. The summed E-state index contributed by atoms with van der Waals surface area (Å²) in [5, 5.41) is 0. The van der Waals surface area contributed by atoms with Gasteiger partial charge in [0.15, 0.2) is 0 Å².